The van der Waals surface area contributed by atoms with Crippen molar-refractivity contribution in [2.24, 2.45) is 5.73 Å². The van der Waals surface area contributed by atoms with E-state index >= 15 is 0 Å². The summed E-state index contributed by atoms with van der Waals surface area (Å²) in [7, 11) is -2.24. The van der Waals surface area contributed by atoms with Gasteiger partial charge in [-0.25, -0.2) is 8.42 Å². The lowest BCUT2D eigenvalue weighted by Gasteiger charge is -2.26. The molecule has 2 rings (SSSR count). The summed E-state index contributed by atoms with van der Waals surface area (Å²) in [6.45, 7) is 2.96. The number of nitrogens with one attached hydrogen (secondary N) is 1. The van der Waals surface area contributed by atoms with Gasteiger partial charge in [-0.3, -0.25) is 4.79 Å². The fourth-order valence-electron chi connectivity index (χ4n) is 2.88. The Kier molecular flexibility index (Phi) is 6.80. The van der Waals surface area contributed by atoms with E-state index in [4.69, 9.17) is 10.5 Å². The van der Waals surface area contributed by atoms with E-state index in [2.05, 4.69) is 5.32 Å². The molecular formula is C17H27N3O4S. The third-order valence-corrected chi connectivity index (χ3v) is 6.22. The fourth-order valence-corrected chi connectivity index (χ4v) is 4.58. The summed E-state index contributed by atoms with van der Waals surface area (Å²) in [5.74, 6) is -0.0604. The molecule has 1 aliphatic rings. The molecule has 1 aromatic rings. The average molecular weight is 369 g/mol. The van der Waals surface area contributed by atoms with Crippen molar-refractivity contribution < 1.29 is 17.9 Å². The molecule has 0 aromatic heterocycles. The molecule has 1 saturated heterocycles. The summed E-state index contributed by atoms with van der Waals surface area (Å²) < 4.78 is 32.6. The highest BCUT2D eigenvalue weighted by molar-refractivity contribution is 7.89. The Morgan fingerprint density at radius 2 is 2.00 bits per heavy atom. The minimum Gasteiger partial charge on any atom is -0.495 e. The Balaban J connectivity index is 2.29. The highest BCUT2D eigenvalue weighted by Crippen LogP contribution is 2.31. The van der Waals surface area contributed by atoms with Crippen LogP contribution in [-0.2, 0) is 14.8 Å². The summed E-state index contributed by atoms with van der Waals surface area (Å²) in [6, 6.07) is 4.00. The van der Waals surface area contributed by atoms with Gasteiger partial charge in [0.05, 0.1) is 13.2 Å². The van der Waals surface area contributed by atoms with Gasteiger partial charge in [0.15, 0.2) is 0 Å². The SMILES string of the molecule is CCCC(N)C(=O)Nc1ccc(OC)c(S(=O)(=O)N2CCCCC2)c1. The van der Waals surface area contributed by atoms with Crippen molar-refractivity contribution in [2.45, 2.75) is 50.0 Å². The third-order valence-electron chi connectivity index (χ3n) is 4.30. The Hall–Kier alpha value is -1.64. The van der Waals surface area contributed by atoms with Gasteiger partial charge in [0.2, 0.25) is 15.9 Å². The lowest BCUT2D eigenvalue weighted by molar-refractivity contribution is -0.117. The number of hydrogen-bond donors (Lipinski definition) is 2. The number of hydrogen-bond acceptors (Lipinski definition) is 5. The van der Waals surface area contributed by atoms with Gasteiger partial charge in [0, 0.05) is 18.8 Å². The Morgan fingerprint density at radius 3 is 2.60 bits per heavy atom. The second kappa shape index (κ2) is 8.64. The normalized spacial score (nSPS) is 17.1. The van der Waals surface area contributed by atoms with Crippen molar-refractivity contribution in [1.29, 1.82) is 0 Å². The van der Waals surface area contributed by atoms with Crippen LogP contribution < -0.4 is 15.8 Å². The van der Waals surface area contributed by atoms with Crippen LogP contribution >= 0.6 is 0 Å². The molecule has 1 amide bonds. The highest BCUT2D eigenvalue weighted by Gasteiger charge is 2.29. The Bertz CT molecular complexity index is 700. The highest BCUT2D eigenvalue weighted by atomic mass is 32.2. The van der Waals surface area contributed by atoms with Gasteiger partial charge < -0.3 is 15.8 Å². The van der Waals surface area contributed by atoms with Gasteiger partial charge >= 0.3 is 0 Å². The van der Waals surface area contributed by atoms with E-state index in [0.29, 0.717) is 25.2 Å². The predicted molar refractivity (Wildman–Crippen MR) is 97.1 cm³/mol. The molecule has 140 valence electrons. The number of rotatable bonds is 7. The number of nitrogens with two attached hydrogens (primary N) is 1. The van der Waals surface area contributed by atoms with Crippen LogP contribution in [-0.4, -0.2) is 44.9 Å². The van der Waals surface area contributed by atoms with E-state index in [1.54, 1.807) is 12.1 Å². The number of carbonyl (C=O) groups excluding carboxylic acids is 1. The van der Waals surface area contributed by atoms with Crippen molar-refractivity contribution in [2.75, 3.05) is 25.5 Å². The smallest absolute Gasteiger partial charge is 0.246 e. The van der Waals surface area contributed by atoms with Crippen molar-refractivity contribution in [1.82, 2.24) is 4.31 Å². The topological polar surface area (TPSA) is 102 Å². The molecular weight excluding hydrogens is 342 g/mol. The van der Waals surface area contributed by atoms with Crippen LogP contribution in [0.25, 0.3) is 0 Å². The molecule has 1 aromatic carbocycles. The number of ether oxygens (including phenoxy) is 1. The first kappa shape index (κ1) is 19.7. The quantitative estimate of drug-likeness (QED) is 0.765. The molecule has 0 bridgehead atoms. The second-order valence-electron chi connectivity index (χ2n) is 6.21. The van der Waals surface area contributed by atoms with Gasteiger partial charge in [-0.05, 0) is 37.5 Å². The predicted octanol–water partition coefficient (Wildman–Crippen LogP) is 1.94. The molecule has 0 saturated carbocycles. The number of piperidine rings is 1. The number of sulfonamides is 1. The van der Waals surface area contributed by atoms with E-state index in [9.17, 15) is 13.2 Å². The van der Waals surface area contributed by atoms with E-state index in [0.717, 1.165) is 25.7 Å². The lowest BCUT2D eigenvalue weighted by Crippen LogP contribution is -2.36. The summed E-state index contributed by atoms with van der Waals surface area (Å²) in [4.78, 5) is 12.2. The van der Waals surface area contributed by atoms with E-state index in [1.165, 1.54) is 17.5 Å². The van der Waals surface area contributed by atoms with E-state index in [1.807, 2.05) is 6.92 Å². The van der Waals surface area contributed by atoms with Gasteiger partial charge in [-0.15, -0.1) is 0 Å². The van der Waals surface area contributed by atoms with Gasteiger partial charge in [-0.1, -0.05) is 19.8 Å². The van der Waals surface area contributed by atoms with Crippen molar-refractivity contribution in [3.8, 4) is 5.75 Å². The summed E-state index contributed by atoms with van der Waals surface area (Å²) >= 11 is 0. The summed E-state index contributed by atoms with van der Waals surface area (Å²) in [5.41, 5.74) is 6.21. The monoisotopic (exact) mass is 369 g/mol. The van der Waals surface area contributed by atoms with Crippen LogP contribution in [0.15, 0.2) is 23.1 Å². The van der Waals surface area contributed by atoms with Crippen molar-refractivity contribution in [3.63, 3.8) is 0 Å². The maximum atomic E-state index is 12.9. The molecule has 8 heteroatoms. The zero-order valence-electron chi connectivity index (χ0n) is 14.8. The third kappa shape index (κ3) is 4.71. The van der Waals surface area contributed by atoms with Crippen molar-refractivity contribution in [3.05, 3.63) is 18.2 Å². The van der Waals surface area contributed by atoms with E-state index < -0.39 is 16.1 Å². The van der Waals surface area contributed by atoms with Crippen LogP contribution in [0.3, 0.4) is 0 Å². The second-order valence-corrected chi connectivity index (χ2v) is 8.12. The zero-order chi connectivity index (χ0) is 18.4. The van der Waals surface area contributed by atoms with Gasteiger partial charge in [0.1, 0.15) is 10.6 Å². The molecule has 1 aliphatic heterocycles. The molecule has 1 atom stereocenters. The van der Waals surface area contributed by atoms with Crippen LogP contribution in [0.5, 0.6) is 5.75 Å². The number of benzene rings is 1. The summed E-state index contributed by atoms with van der Waals surface area (Å²) in [6.07, 6.45) is 4.11. The molecule has 25 heavy (non-hydrogen) atoms. The van der Waals surface area contributed by atoms with Crippen LogP contribution in [0, 0.1) is 0 Å². The molecule has 1 fully saturated rings. The number of carbonyl (C=O) groups is 1. The molecule has 1 unspecified atom stereocenters. The minimum atomic E-state index is -3.67. The maximum Gasteiger partial charge on any atom is 0.246 e. The van der Waals surface area contributed by atoms with Crippen LogP contribution in [0.4, 0.5) is 5.69 Å². The molecule has 7 nitrogen and oxygen atoms in total. The van der Waals surface area contributed by atoms with Crippen molar-refractivity contribution >= 4 is 21.6 Å². The molecule has 0 radical (unpaired) electrons. The Morgan fingerprint density at radius 1 is 1.32 bits per heavy atom. The summed E-state index contributed by atoms with van der Waals surface area (Å²) in [5, 5.41) is 2.69. The number of methoxy groups -OCH3 is 1. The average Bonchev–Trinajstić information content (AvgIpc) is 2.62. The van der Waals surface area contributed by atoms with Gasteiger partial charge in [-0.2, -0.15) is 4.31 Å². The molecule has 3 N–H and O–H groups in total. The molecule has 0 spiro atoms. The maximum absolute atomic E-state index is 12.9. The first-order chi connectivity index (χ1) is 11.9. The number of anilines is 1. The molecule has 0 aliphatic carbocycles. The zero-order valence-corrected chi connectivity index (χ0v) is 15.6. The standard InChI is InChI=1S/C17H27N3O4S/c1-3-7-14(18)17(21)19-13-8-9-15(24-2)16(12-13)25(22,23)20-10-5-4-6-11-20/h8-9,12,14H,3-7,10-11,18H2,1-2H3,(H,19,21). The number of nitrogens with zero attached hydrogens (tertiary/aromatic N) is 1. The largest absolute Gasteiger partial charge is 0.495 e. The minimum absolute atomic E-state index is 0.0683. The first-order valence-corrected chi connectivity index (χ1v) is 10.1. The first-order valence-electron chi connectivity index (χ1n) is 8.64. The Labute approximate surface area is 149 Å². The molecule has 1 heterocycles. The fraction of sp³-hybridized carbons (Fsp3) is 0.588. The lowest BCUT2D eigenvalue weighted by atomic mass is 10.1. The van der Waals surface area contributed by atoms with Gasteiger partial charge in [0.25, 0.3) is 0 Å². The van der Waals surface area contributed by atoms with Crippen LogP contribution in [0.2, 0.25) is 0 Å². The number of amides is 1. The van der Waals surface area contributed by atoms with E-state index in [-0.39, 0.29) is 16.6 Å². The van der Waals surface area contributed by atoms with Crippen LogP contribution in [0.1, 0.15) is 39.0 Å².